The van der Waals surface area contributed by atoms with Crippen molar-refractivity contribution in [3.8, 4) is 0 Å². The minimum atomic E-state index is -3.11. The topological polar surface area (TPSA) is 46.6 Å². The number of nitrogens with zero attached hydrogens (tertiary/aromatic N) is 1. The van der Waals surface area contributed by atoms with Crippen LogP contribution in [-0.4, -0.2) is 44.3 Å². The van der Waals surface area contributed by atoms with Crippen molar-refractivity contribution in [2.75, 3.05) is 25.4 Å². The summed E-state index contributed by atoms with van der Waals surface area (Å²) in [5, 5.41) is 0. The molecule has 2 heterocycles. The molecule has 0 saturated carbocycles. The fraction of sp³-hybridized carbons (Fsp3) is 1.00. The van der Waals surface area contributed by atoms with Crippen LogP contribution < -0.4 is 0 Å². The molecule has 2 aliphatic rings. The van der Waals surface area contributed by atoms with Gasteiger partial charge >= 0.3 is 0 Å². The Kier molecular flexibility index (Phi) is 4.67. The number of hydrogen-bond donors (Lipinski definition) is 0. The van der Waals surface area contributed by atoms with Crippen molar-refractivity contribution >= 4 is 10.0 Å². The van der Waals surface area contributed by atoms with Gasteiger partial charge in [-0.1, -0.05) is 13.8 Å². The molecule has 2 fully saturated rings. The van der Waals surface area contributed by atoms with Crippen LogP contribution in [0, 0.1) is 11.8 Å². The summed E-state index contributed by atoms with van der Waals surface area (Å²) in [4.78, 5) is 0. The molecule has 0 aromatic rings. The Morgan fingerprint density at radius 2 is 1.89 bits per heavy atom. The van der Waals surface area contributed by atoms with Gasteiger partial charge in [0.25, 0.3) is 0 Å². The predicted molar refractivity (Wildman–Crippen MR) is 71.9 cm³/mol. The Bertz CT molecular complexity index is 352. The largest absolute Gasteiger partial charge is 0.377 e. The summed E-state index contributed by atoms with van der Waals surface area (Å²) in [5.41, 5.74) is 0. The normalized spacial score (nSPS) is 28.1. The molecule has 0 N–H and O–H groups in total. The van der Waals surface area contributed by atoms with Gasteiger partial charge in [0.15, 0.2) is 0 Å². The first kappa shape index (κ1) is 14.3. The highest BCUT2D eigenvalue weighted by molar-refractivity contribution is 7.89. The van der Waals surface area contributed by atoms with Crippen molar-refractivity contribution in [2.24, 2.45) is 11.8 Å². The molecule has 1 atom stereocenters. The van der Waals surface area contributed by atoms with Crippen LogP contribution >= 0.6 is 0 Å². The maximum absolute atomic E-state index is 12.3. The van der Waals surface area contributed by atoms with Crippen LogP contribution in [0.2, 0.25) is 0 Å². The summed E-state index contributed by atoms with van der Waals surface area (Å²) < 4.78 is 31.6. The van der Waals surface area contributed by atoms with E-state index in [0.29, 0.717) is 24.9 Å². The van der Waals surface area contributed by atoms with Crippen molar-refractivity contribution in [3.05, 3.63) is 0 Å². The average Bonchev–Trinajstić information content (AvgIpc) is 2.81. The molecule has 5 heteroatoms. The molecule has 0 aliphatic carbocycles. The van der Waals surface area contributed by atoms with E-state index in [4.69, 9.17) is 4.74 Å². The van der Waals surface area contributed by atoms with Gasteiger partial charge in [-0.3, -0.25) is 0 Å². The van der Waals surface area contributed by atoms with Crippen LogP contribution in [0.15, 0.2) is 0 Å². The fourth-order valence-corrected chi connectivity index (χ4v) is 4.65. The van der Waals surface area contributed by atoms with Gasteiger partial charge < -0.3 is 4.74 Å². The lowest BCUT2D eigenvalue weighted by atomic mass is 9.87. The highest BCUT2D eigenvalue weighted by atomic mass is 32.2. The molecule has 4 nitrogen and oxygen atoms in total. The molecule has 106 valence electrons. The maximum atomic E-state index is 12.3. The molecule has 2 aliphatic heterocycles. The molecule has 0 bridgehead atoms. The molecule has 2 rings (SSSR count). The number of ether oxygens (including phenoxy) is 1. The van der Waals surface area contributed by atoms with Crippen LogP contribution in [0.1, 0.15) is 39.5 Å². The Morgan fingerprint density at radius 3 is 2.39 bits per heavy atom. The van der Waals surface area contributed by atoms with Gasteiger partial charge in [0.05, 0.1) is 11.9 Å². The molecule has 0 spiro atoms. The van der Waals surface area contributed by atoms with Crippen molar-refractivity contribution in [1.29, 1.82) is 0 Å². The lowest BCUT2D eigenvalue weighted by molar-refractivity contribution is 0.125. The summed E-state index contributed by atoms with van der Waals surface area (Å²) in [5.74, 6) is 1.52. The van der Waals surface area contributed by atoms with E-state index in [1.807, 2.05) is 0 Å². The van der Waals surface area contributed by atoms with Gasteiger partial charge in [0.1, 0.15) is 0 Å². The monoisotopic (exact) mass is 275 g/mol. The first-order valence-electron chi connectivity index (χ1n) is 7.08. The van der Waals surface area contributed by atoms with Crippen molar-refractivity contribution < 1.29 is 13.2 Å². The van der Waals surface area contributed by atoms with Crippen molar-refractivity contribution in [2.45, 2.75) is 45.6 Å². The van der Waals surface area contributed by atoms with Crippen LogP contribution in [0.25, 0.3) is 0 Å². The Labute approximate surface area is 111 Å². The zero-order valence-corrected chi connectivity index (χ0v) is 12.3. The molecule has 2 saturated heterocycles. The lowest BCUT2D eigenvalue weighted by Crippen LogP contribution is -2.42. The fourth-order valence-electron chi connectivity index (χ4n) is 2.94. The standard InChI is InChI=1S/C13H25NO3S/c1-11(2)12-5-7-14(8-6-12)18(15,16)10-13-4-3-9-17-13/h11-13H,3-10H2,1-2H3. The molecular weight excluding hydrogens is 250 g/mol. The maximum Gasteiger partial charge on any atom is 0.216 e. The minimum Gasteiger partial charge on any atom is -0.377 e. The van der Waals surface area contributed by atoms with E-state index in [2.05, 4.69) is 13.8 Å². The zero-order chi connectivity index (χ0) is 13.2. The van der Waals surface area contributed by atoms with Gasteiger partial charge in [0, 0.05) is 19.7 Å². The van der Waals surface area contributed by atoms with E-state index in [9.17, 15) is 8.42 Å². The number of piperidine rings is 1. The first-order chi connectivity index (χ1) is 8.49. The highest BCUT2D eigenvalue weighted by Crippen LogP contribution is 2.26. The molecule has 18 heavy (non-hydrogen) atoms. The van der Waals surface area contributed by atoms with Crippen LogP contribution in [0.3, 0.4) is 0 Å². The van der Waals surface area contributed by atoms with E-state index < -0.39 is 10.0 Å². The van der Waals surface area contributed by atoms with E-state index in [1.165, 1.54) is 0 Å². The molecule has 0 aromatic heterocycles. The van der Waals surface area contributed by atoms with E-state index in [0.717, 1.165) is 32.3 Å². The van der Waals surface area contributed by atoms with Gasteiger partial charge in [-0.15, -0.1) is 0 Å². The predicted octanol–water partition coefficient (Wildman–Crippen LogP) is 1.86. The van der Waals surface area contributed by atoms with E-state index in [-0.39, 0.29) is 11.9 Å². The second-order valence-electron chi connectivity index (χ2n) is 5.89. The Morgan fingerprint density at radius 1 is 1.22 bits per heavy atom. The summed E-state index contributed by atoms with van der Waals surface area (Å²) in [6.45, 7) is 6.55. The summed E-state index contributed by atoms with van der Waals surface area (Å²) >= 11 is 0. The van der Waals surface area contributed by atoms with Gasteiger partial charge in [-0.2, -0.15) is 0 Å². The van der Waals surface area contributed by atoms with Crippen molar-refractivity contribution in [1.82, 2.24) is 4.31 Å². The van der Waals surface area contributed by atoms with Gasteiger partial charge in [0.2, 0.25) is 10.0 Å². The summed E-state index contributed by atoms with van der Waals surface area (Å²) in [6.07, 6.45) is 3.82. The first-order valence-corrected chi connectivity index (χ1v) is 8.69. The average molecular weight is 275 g/mol. The highest BCUT2D eigenvalue weighted by Gasteiger charge is 2.32. The van der Waals surface area contributed by atoms with Gasteiger partial charge in [-0.25, -0.2) is 12.7 Å². The minimum absolute atomic E-state index is 0.0715. The molecular formula is C13H25NO3S. The quantitative estimate of drug-likeness (QED) is 0.787. The SMILES string of the molecule is CC(C)C1CCN(S(=O)(=O)CC2CCCO2)CC1. The van der Waals surface area contributed by atoms with Crippen LogP contribution in [0.4, 0.5) is 0 Å². The van der Waals surface area contributed by atoms with Gasteiger partial charge in [-0.05, 0) is 37.5 Å². The lowest BCUT2D eigenvalue weighted by Gasteiger charge is -2.33. The van der Waals surface area contributed by atoms with Crippen LogP contribution in [-0.2, 0) is 14.8 Å². The summed E-state index contributed by atoms with van der Waals surface area (Å²) in [6, 6.07) is 0. The van der Waals surface area contributed by atoms with E-state index in [1.54, 1.807) is 4.31 Å². The van der Waals surface area contributed by atoms with Crippen LogP contribution in [0.5, 0.6) is 0 Å². The Hall–Kier alpha value is -0.130. The molecule has 1 unspecified atom stereocenters. The smallest absolute Gasteiger partial charge is 0.216 e. The second-order valence-corrected chi connectivity index (χ2v) is 7.91. The third-order valence-corrected chi connectivity index (χ3v) is 6.20. The third-order valence-electron chi connectivity index (χ3n) is 4.26. The molecule has 0 amide bonds. The number of hydrogen-bond acceptors (Lipinski definition) is 3. The third kappa shape index (κ3) is 3.45. The van der Waals surface area contributed by atoms with Crippen molar-refractivity contribution in [3.63, 3.8) is 0 Å². The molecule has 0 aromatic carbocycles. The number of rotatable bonds is 4. The second kappa shape index (κ2) is 5.88. The van der Waals surface area contributed by atoms with E-state index >= 15 is 0 Å². The Balaban J connectivity index is 1.87. The summed E-state index contributed by atoms with van der Waals surface area (Å²) in [7, 11) is -3.11. The molecule has 0 radical (unpaired) electrons. The zero-order valence-electron chi connectivity index (χ0n) is 11.5. The number of sulfonamides is 1.